The summed E-state index contributed by atoms with van der Waals surface area (Å²) in [5.41, 5.74) is 0. The molecule has 0 aromatic carbocycles. The zero-order valence-electron chi connectivity index (χ0n) is 20.4. The van der Waals surface area contributed by atoms with Crippen molar-refractivity contribution in [2.45, 2.75) is 148 Å². The van der Waals surface area contributed by atoms with Crippen LogP contribution in [0.15, 0.2) is 0 Å². The Morgan fingerprint density at radius 3 is 1.79 bits per heavy atom. The minimum absolute atomic E-state index is 0.0448. The van der Waals surface area contributed by atoms with Crippen LogP contribution < -0.4 is 0 Å². The van der Waals surface area contributed by atoms with Crippen molar-refractivity contribution in [2.75, 3.05) is 11.9 Å². The van der Waals surface area contributed by atoms with E-state index in [1.165, 1.54) is 109 Å². The summed E-state index contributed by atoms with van der Waals surface area (Å²) < 4.78 is 12.9. The molecule has 0 amide bonds. The van der Waals surface area contributed by atoms with Gasteiger partial charge in [-0.05, 0) is 44.8 Å². The average molecular weight is 494 g/mol. The Kier molecular flexibility index (Phi) is 22.3. The van der Waals surface area contributed by atoms with Gasteiger partial charge in [0.05, 0.1) is 0 Å². The molecular weight excluding hydrogens is 440 g/mol. The SMILES string of the molecule is CCCCCCCC(OCCCCCCCCCBr)O[Si](C)(C)CCCCCC. The summed E-state index contributed by atoms with van der Waals surface area (Å²) in [4.78, 5) is 0. The molecule has 0 spiro atoms. The highest BCUT2D eigenvalue weighted by molar-refractivity contribution is 9.09. The number of ether oxygens (including phenoxy) is 1. The topological polar surface area (TPSA) is 18.5 Å². The highest BCUT2D eigenvalue weighted by Crippen LogP contribution is 2.22. The minimum atomic E-state index is -1.61. The van der Waals surface area contributed by atoms with Crippen molar-refractivity contribution in [3.05, 3.63) is 0 Å². The van der Waals surface area contributed by atoms with E-state index in [0.717, 1.165) is 18.4 Å². The van der Waals surface area contributed by atoms with Gasteiger partial charge in [-0.15, -0.1) is 0 Å². The first-order valence-electron chi connectivity index (χ1n) is 12.9. The lowest BCUT2D eigenvalue weighted by Crippen LogP contribution is -2.36. The van der Waals surface area contributed by atoms with Gasteiger partial charge in [0.25, 0.3) is 0 Å². The molecule has 0 radical (unpaired) electrons. The number of hydrogen-bond acceptors (Lipinski definition) is 2. The van der Waals surface area contributed by atoms with Crippen LogP contribution in [0.3, 0.4) is 0 Å². The van der Waals surface area contributed by atoms with E-state index in [1.54, 1.807) is 0 Å². The van der Waals surface area contributed by atoms with Crippen LogP contribution in [0.1, 0.15) is 123 Å². The first-order valence-corrected chi connectivity index (χ1v) is 17.1. The molecule has 0 aliphatic rings. The molecule has 0 aliphatic carbocycles. The largest absolute Gasteiger partial charge is 0.393 e. The normalized spacial score (nSPS) is 13.1. The summed E-state index contributed by atoms with van der Waals surface area (Å²) >= 11 is 3.51. The quantitative estimate of drug-likeness (QED) is 0.0610. The van der Waals surface area contributed by atoms with Crippen molar-refractivity contribution in [2.24, 2.45) is 0 Å². The smallest absolute Gasteiger partial charge is 0.190 e. The van der Waals surface area contributed by atoms with Crippen molar-refractivity contribution in [3.8, 4) is 0 Å². The van der Waals surface area contributed by atoms with Gasteiger partial charge in [0.2, 0.25) is 0 Å². The first kappa shape index (κ1) is 29.6. The number of unbranched alkanes of at least 4 members (excludes halogenated alkanes) is 13. The number of halogens is 1. The van der Waals surface area contributed by atoms with Crippen molar-refractivity contribution < 1.29 is 9.16 Å². The van der Waals surface area contributed by atoms with Gasteiger partial charge in [0.15, 0.2) is 8.32 Å². The van der Waals surface area contributed by atoms with Gasteiger partial charge in [-0.25, -0.2) is 0 Å². The third-order valence-electron chi connectivity index (χ3n) is 5.71. The van der Waals surface area contributed by atoms with Gasteiger partial charge in [-0.3, -0.25) is 0 Å². The van der Waals surface area contributed by atoms with Crippen molar-refractivity contribution in [1.82, 2.24) is 0 Å². The molecule has 0 saturated heterocycles. The molecule has 29 heavy (non-hydrogen) atoms. The maximum atomic E-state index is 6.61. The van der Waals surface area contributed by atoms with Gasteiger partial charge < -0.3 is 9.16 Å². The van der Waals surface area contributed by atoms with Crippen molar-refractivity contribution in [3.63, 3.8) is 0 Å². The van der Waals surface area contributed by atoms with Crippen LogP contribution in [0.25, 0.3) is 0 Å². The van der Waals surface area contributed by atoms with Crippen LogP contribution in [0.4, 0.5) is 0 Å². The first-order chi connectivity index (χ1) is 14.1. The molecule has 1 unspecified atom stereocenters. The molecule has 0 aromatic rings. The molecule has 4 heteroatoms. The molecule has 2 nitrogen and oxygen atoms in total. The monoisotopic (exact) mass is 492 g/mol. The predicted octanol–water partition coefficient (Wildman–Crippen LogP) is 9.62. The second kappa shape index (κ2) is 21.8. The molecule has 0 aromatic heterocycles. The van der Waals surface area contributed by atoms with E-state index < -0.39 is 8.32 Å². The van der Waals surface area contributed by atoms with Crippen LogP contribution >= 0.6 is 15.9 Å². The minimum Gasteiger partial charge on any atom is -0.393 e. The van der Waals surface area contributed by atoms with E-state index in [0.29, 0.717) is 0 Å². The summed E-state index contributed by atoms with van der Waals surface area (Å²) in [6.45, 7) is 10.2. The summed E-state index contributed by atoms with van der Waals surface area (Å²) in [6, 6.07) is 1.27. The lowest BCUT2D eigenvalue weighted by Gasteiger charge is -2.29. The highest BCUT2D eigenvalue weighted by atomic mass is 79.9. The molecule has 0 rings (SSSR count). The molecule has 176 valence electrons. The van der Waals surface area contributed by atoms with E-state index >= 15 is 0 Å². The van der Waals surface area contributed by atoms with E-state index in [9.17, 15) is 0 Å². The fourth-order valence-corrected chi connectivity index (χ4v) is 6.29. The third-order valence-corrected chi connectivity index (χ3v) is 8.73. The van der Waals surface area contributed by atoms with Crippen LogP contribution in [-0.4, -0.2) is 26.5 Å². The predicted molar refractivity (Wildman–Crippen MR) is 137 cm³/mol. The standard InChI is InChI=1S/C25H53BrO2Si/c1-5-7-9-14-17-21-25(28-29(3,4)24-20-10-8-6-2)27-23-19-16-13-11-12-15-18-22-26/h25H,5-24H2,1-4H3. The maximum absolute atomic E-state index is 6.61. The van der Waals surface area contributed by atoms with E-state index in [1.807, 2.05) is 0 Å². The number of rotatable bonds is 23. The number of hydrogen-bond donors (Lipinski definition) is 0. The van der Waals surface area contributed by atoms with Crippen molar-refractivity contribution >= 4 is 24.2 Å². The van der Waals surface area contributed by atoms with Gasteiger partial charge >= 0.3 is 0 Å². The molecule has 0 heterocycles. The van der Waals surface area contributed by atoms with Crippen LogP contribution in [0, 0.1) is 0 Å². The van der Waals surface area contributed by atoms with E-state index in [2.05, 4.69) is 42.9 Å². The lowest BCUT2D eigenvalue weighted by atomic mass is 10.1. The number of alkyl halides is 1. The Hall–Kier alpha value is 0.617. The molecule has 0 saturated carbocycles. The zero-order chi connectivity index (χ0) is 21.6. The molecule has 0 fully saturated rings. The second-order valence-electron chi connectivity index (χ2n) is 9.36. The Morgan fingerprint density at radius 2 is 1.17 bits per heavy atom. The molecule has 0 N–H and O–H groups in total. The summed E-state index contributed by atoms with van der Waals surface area (Å²) in [5, 5.41) is 1.15. The molecule has 0 bridgehead atoms. The van der Waals surface area contributed by atoms with Crippen molar-refractivity contribution in [1.29, 1.82) is 0 Å². The molecular formula is C25H53BrO2Si. The Bertz CT molecular complexity index is 326. The van der Waals surface area contributed by atoms with Gasteiger partial charge in [0, 0.05) is 11.9 Å². The molecule has 1 atom stereocenters. The highest BCUT2D eigenvalue weighted by Gasteiger charge is 2.26. The summed E-state index contributed by atoms with van der Waals surface area (Å²) in [5.74, 6) is 0. The van der Waals surface area contributed by atoms with Crippen LogP contribution in [0.2, 0.25) is 19.1 Å². The summed E-state index contributed by atoms with van der Waals surface area (Å²) in [7, 11) is -1.61. The van der Waals surface area contributed by atoms with Gasteiger partial charge in [-0.1, -0.05) is 113 Å². The Labute approximate surface area is 193 Å². The molecule has 0 aliphatic heterocycles. The fraction of sp³-hybridized carbons (Fsp3) is 1.00. The van der Waals surface area contributed by atoms with Gasteiger partial charge in [-0.2, -0.15) is 0 Å². The zero-order valence-corrected chi connectivity index (χ0v) is 23.0. The Morgan fingerprint density at radius 1 is 0.655 bits per heavy atom. The third kappa shape index (κ3) is 21.6. The van der Waals surface area contributed by atoms with Crippen LogP contribution in [-0.2, 0) is 9.16 Å². The van der Waals surface area contributed by atoms with Crippen LogP contribution in [0.5, 0.6) is 0 Å². The lowest BCUT2D eigenvalue weighted by molar-refractivity contribution is -0.0926. The van der Waals surface area contributed by atoms with Gasteiger partial charge in [0.1, 0.15) is 6.29 Å². The average Bonchev–Trinajstić information content (AvgIpc) is 2.69. The Balaban J connectivity index is 4.11. The maximum Gasteiger partial charge on any atom is 0.190 e. The van der Waals surface area contributed by atoms with E-state index in [4.69, 9.17) is 9.16 Å². The van der Waals surface area contributed by atoms with E-state index in [-0.39, 0.29) is 6.29 Å². The second-order valence-corrected chi connectivity index (χ2v) is 14.4. The summed E-state index contributed by atoms with van der Waals surface area (Å²) in [6.07, 6.45) is 22.4. The fourth-order valence-electron chi connectivity index (χ4n) is 3.78.